The summed E-state index contributed by atoms with van der Waals surface area (Å²) in [5.41, 5.74) is 0. The van der Waals surface area contributed by atoms with Crippen LogP contribution in [0.4, 0.5) is 0 Å². The lowest BCUT2D eigenvalue weighted by Crippen LogP contribution is -2.61. The third kappa shape index (κ3) is 6.64. The normalized spacial score (nSPS) is 30.4. The molecule has 1 saturated heterocycles. The maximum Gasteiger partial charge on any atom is 0.335 e. The van der Waals surface area contributed by atoms with Crippen molar-refractivity contribution in [1.29, 1.82) is 0 Å². The quantitative estimate of drug-likeness (QED) is 0.461. The third-order valence-corrected chi connectivity index (χ3v) is 4.34. The van der Waals surface area contributed by atoms with Gasteiger partial charge in [-0.05, 0) is 6.42 Å². The van der Waals surface area contributed by atoms with Gasteiger partial charge in [-0.1, -0.05) is 51.9 Å². The van der Waals surface area contributed by atoms with E-state index in [9.17, 15) is 15.0 Å². The minimum Gasteiger partial charge on any atom is -0.479 e. The first-order chi connectivity index (χ1) is 11.5. The van der Waals surface area contributed by atoms with Gasteiger partial charge in [0.1, 0.15) is 18.3 Å². The highest BCUT2D eigenvalue weighted by Crippen LogP contribution is 2.24. The number of unbranched alkanes of at least 4 members (excludes halogenated alkanes) is 7. The number of carboxylic acid groups (broad SMARTS) is 1. The van der Waals surface area contributed by atoms with Crippen molar-refractivity contribution < 1.29 is 34.3 Å². The number of carbonyl (C=O) groups is 1. The number of hydrogen-bond acceptors (Lipinski definition) is 6. The van der Waals surface area contributed by atoms with Crippen molar-refractivity contribution in [1.82, 2.24) is 0 Å². The summed E-state index contributed by atoms with van der Waals surface area (Å²) in [6.45, 7) is 2.55. The number of ether oxygens (including phenoxy) is 3. The van der Waals surface area contributed by atoms with E-state index in [0.717, 1.165) is 19.3 Å². The number of aliphatic hydroxyl groups excluding tert-OH is 2. The molecule has 0 aromatic rings. The maximum atomic E-state index is 11.2. The predicted octanol–water partition coefficient (Wildman–Crippen LogP) is 1.69. The molecule has 1 fully saturated rings. The summed E-state index contributed by atoms with van der Waals surface area (Å²) < 4.78 is 15.6. The Kier molecular flexibility index (Phi) is 10.4. The molecule has 0 amide bonds. The summed E-state index contributed by atoms with van der Waals surface area (Å²) in [6, 6.07) is 0. The molecule has 24 heavy (non-hydrogen) atoms. The Bertz CT molecular complexity index is 350. The van der Waals surface area contributed by atoms with Crippen LogP contribution in [0, 0.1) is 0 Å². The highest BCUT2D eigenvalue weighted by atomic mass is 16.7. The van der Waals surface area contributed by atoms with E-state index in [2.05, 4.69) is 6.92 Å². The molecule has 5 atom stereocenters. The number of carboxylic acids is 1. The second-order valence-corrected chi connectivity index (χ2v) is 6.29. The van der Waals surface area contributed by atoms with Crippen LogP contribution >= 0.6 is 0 Å². The molecule has 7 heteroatoms. The topological polar surface area (TPSA) is 105 Å². The fraction of sp³-hybridized carbons (Fsp3) is 0.941. The maximum absolute atomic E-state index is 11.2. The molecule has 0 saturated carbocycles. The van der Waals surface area contributed by atoms with Crippen LogP contribution in [0.15, 0.2) is 0 Å². The van der Waals surface area contributed by atoms with E-state index in [1.807, 2.05) is 0 Å². The standard InChI is InChI=1S/C17H32O7/c1-3-4-5-6-7-8-9-10-11-23-17-13(19)12(18)14(22-2)15(24-17)16(20)21/h12-15,17-19H,3-11H2,1-2H3,(H,20,21)/t12-,13-,14+,15+,17-/m1/s1. The van der Waals surface area contributed by atoms with Crippen LogP contribution in [0.1, 0.15) is 58.3 Å². The van der Waals surface area contributed by atoms with Crippen molar-refractivity contribution >= 4 is 5.97 Å². The Labute approximate surface area is 143 Å². The fourth-order valence-electron chi connectivity index (χ4n) is 2.87. The average molecular weight is 348 g/mol. The largest absolute Gasteiger partial charge is 0.479 e. The van der Waals surface area contributed by atoms with Crippen LogP contribution in [0.25, 0.3) is 0 Å². The number of aliphatic hydroxyl groups is 2. The van der Waals surface area contributed by atoms with Gasteiger partial charge in [-0.25, -0.2) is 4.79 Å². The van der Waals surface area contributed by atoms with Crippen LogP contribution < -0.4 is 0 Å². The number of aliphatic carboxylic acids is 1. The monoisotopic (exact) mass is 348 g/mol. The van der Waals surface area contributed by atoms with Crippen LogP contribution in [0.2, 0.25) is 0 Å². The molecule has 0 aromatic heterocycles. The highest BCUT2D eigenvalue weighted by Gasteiger charge is 2.48. The van der Waals surface area contributed by atoms with Crippen molar-refractivity contribution in [3.63, 3.8) is 0 Å². The van der Waals surface area contributed by atoms with E-state index in [1.54, 1.807) is 0 Å². The summed E-state index contributed by atoms with van der Waals surface area (Å²) in [4.78, 5) is 11.2. The summed E-state index contributed by atoms with van der Waals surface area (Å²) in [6.07, 6.45) is 2.88. The van der Waals surface area contributed by atoms with Gasteiger partial charge in [-0.3, -0.25) is 0 Å². The first-order valence-electron chi connectivity index (χ1n) is 8.91. The van der Waals surface area contributed by atoms with Gasteiger partial charge in [0, 0.05) is 13.7 Å². The zero-order valence-corrected chi connectivity index (χ0v) is 14.7. The number of methoxy groups -OCH3 is 1. The second kappa shape index (κ2) is 11.8. The van der Waals surface area contributed by atoms with Crippen molar-refractivity contribution in [2.24, 2.45) is 0 Å². The Balaban J connectivity index is 2.25. The van der Waals surface area contributed by atoms with Gasteiger partial charge < -0.3 is 29.5 Å². The molecule has 1 heterocycles. The molecule has 0 unspecified atom stereocenters. The fourth-order valence-corrected chi connectivity index (χ4v) is 2.87. The van der Waals surface area contributed by atoms with E-state index in [0.29, 0.717) is 6.61 Å². The molecule has 0 radical (unpaired) electrons. The Morgan fingerprint density at radius 1 is 1.00 bits per heavy atom. The molecule has 0 aromatic carbocycles. The molecule has 7 nitrogen and oxygen atoms in total. The molecule has 0 spiro atoms. The molecule has 1 aliphatic heterocycles. The van der Waals surface area contributed by atoms with Crippen LogP contribution in [-0.4, -0.2) is 65.7 Å². The van der Waals surface area contributed by atoms with Gasteiger partial charge in [0.25, 0.3) is 0 Å². The van der Waals surface area contributed by atoms with Crippen LogP contribution in [-0.2, 0) is 19.0 Å². The summed E-state index contributed by atoms with van der Waals surface area (Å²) in [7, 11) is 1.27. The van der Waals surface area contributed by atoms with Gasteiger partial charge in [0.2, 0.25) is 0 Å². The van der Waals surface area contributed by atoms with Gasteiger partial charge in [0.15, 0.2) is 12.4 Å². The van der Waals surface area contributed by atoms with Gasteiger partial charge >= 0.3 is 5.97 Å². The molecular formula is C17H32O7. The zero-order valence-electron chi connectivity index (χ0n) is 14.7. The van der Waals surface area contributed by atoms with Crippen molar-refractivity contribution in [2.45, 2.75) is 89.0 Å². The number of hydrogen-bond donors (Lipinski definition) is 3. The smallest absolute Gasteiger partial charge is 0.335 e. The third-order valence-electron chi connectivity index (χ3n) is 4.34. The van der Waals surface area contributed by atoms with E-state index in [4.69, 9.17) is 19.3 Å². The Morgan fingerprint density at radius 3 is 2.12 bits per heavy atom. The Morgan fingerprint density at radius 2 is 1.58 bits per heavy atom. The first kappa shape index (κ1) is 21.3. The molecule has 3 N–H and O–H groups in total. The van der Waals surface area contributed by atoms with E-state index in [-0.39, 0.29) is 0 Å². The predicted molar refractivity (Wildman–Crippen MR) is 87.7 cm³/mol. The average Bonchev–Trinajstić information content (AvgIpc) is 2.56. The van der Waals surface area contributed by atoms with Gasteiger partial charge in [0.05, 0.1) is 0 Å². The van der Waals surface area contributed by atoms with Gasteiger partial charge in [-0.15, -0.1) is 0 Å². The van der Waals surface area contributed by atoms with Gasteiger partial charge in [-0.2, -0.15) is 0 Å². The molecule has 142 valence electrons. The number of rotatable bonds is 12. The van der Waals surface area contributed by atoms with Crippen molar-refractivity contribution in [2.75, 3.05) is 13.7 Å². The molecule has 0 bridgehead atoms. The van der Waals surface area contributed by atoms with Crippen molar-refractivity contribution in [3.05, 3.63) is 0 Å². The lowest BCUT2D eigenvalue weighted by atomic mass is 9.99. The minimum atomic E-state index is -1.37. The van der Waals surface area contributed by atoms with E-state index >= 15 is 0 Å². The summed E-state index contributed by atoms with van der Waals surface area (Å²) in [5.74, 6) is -1.26. The highest BCUT2D eigenvalue weighted by molar-refractivity contribution is 5.73. The molecular weight excluding hydrogens is 316 g/mol. The molecule has 1 aliphatic rings. The zero-order chi connectivity index (χ0) is 17.9. The summed E-state index contributed by atoms with van der Waals surface area (Å²) >= 11 is 0. The minimum absolute atomic E-state index is 0.355. The lowest BCUT2D eigenvalue weighted by molar-refractivity contribution is -0.297. The molecule has 1 rings (SSSR count). The SMILES string of the molecule is CCCCCCCCCCO[C@@H]1O[C@H](C(=O)O)[C@@H](OC)[C@H](O)[C@H]1O. The van der Waals surface area contributed by atoms with Crippen LogP contribution in [0.3, 0.4) is 0 Å². The molecule has 0 aliphatic carbocycles. The summed E-state index contributed by atoms with van der Waals surface area (Å²) in [5, 5.41) is 29.1. The van der Waals surface area contributed by atoms with Crippen LogP contribution in [0.5, 0.6) is 0 Å². The first-order valence-corrected chi connectivity index (χ1v) is 8.91. The van der Waals surface area contributed by atoms with E-state index in [1.165, 1.54) is 39.2 Å². The second-order valence-electron chi connectivity index (χ2n) is 6.29. The van der Waals surface area contributed by atoms with Crippen molar-refractivity contribution in [3.8, 4) is 0 Å². The van der Waals surface area contributed by atoms with E-state index < -0.39 is 36.7 Å². The lowest BCUT2D eigenvalue weighted by Gasteiger charge is -2.40. The Hall–Kier alpha value is -0.730.